The Morgan fingerprint density at radius 1 is 1.09 bits per heavy atom. The Labute approximate surface area is 132 Å². The summed E-state index contributed by atoms with van der Waals surface area (Å²) in [4.78, 5) is 10.3. The Morgan fingerprint density at radius 2 is 1.70 bits per heavy atom. The van der Waals surface area contributed by atoms with Crippen LogP contribution in [0.1, 0.15) is 5.56 Å². The third kappa shape index (κ3) is 5.04. The molecule has 0 heterocycles. The van der Waals surface area contributed by atoms with Crippen molar-refractivity contribution in [2.45, 2.75) is 11.5 Å². The molecule has 0 aliphatic carbocycles. The van der Waals surface area contributed by atoms with Gasteiger partial charge < -0.3 is 9.84 Å². The summed E-state index contributed by atoms with van der Waals surface area (Å²) in [6, 6.07) is 11.4. The van der Waals surface area contributed by atoms with Gasteiger partial charge in [-0.15, -0.1) is 0 Å². The zero-order chi connectivity index (χ0) is 16.9. The molecule has 0 fully saturated rings. The van der Waals surface area contributed by atoms with Crippen molar-refractivity contribution >= 4 is 16.0 Å². The molecule has 0 bridgehead atoms. The van der Waals surface area contributed by atoms with Crippen molar-refractivity contribution in [2.75, 3.05) is 6.54 Å². The fraction of sp³-hybridized carbons (Fsp3) is 0.133. The standard InChI is InChI=1S/C15H14FNO5S/c16-12-3-1-11(2-4-12)10-22-13-5-7-14(8-6-13)23(20,21)17-9-15(18)19/h1-8,17H,9-10H2,(H,18,19). The van der Waals surface area contributed by atoms with E-state index in [9.17, 15) is 17.6 Å². The number of ether oxygens (including phenoxy) is 1. The minimum Gasteiger partial charge on any atom is -0.489 e. The van der Waals surface area contributed by atoms with Crippen molar-refractivity contribution in [3.63, 3.8) is 0 Å². The highest BCUT2D eigenvalue weighted by Gasteiger charge is 2.15. The van der Waals surface area contributed by atoms with E-state index < -0.39 is 22.5 Å². The molecule has 8 heteroatoms. The second kappa shape index (κ2) is 7.21. The molecule has 0 aromatic heterocycles. The Balaban J connectivity index is 1.99. The van der Waals surface area contributed by atoms with Gasteiger partial charge in [-0.2, -0.15) is 4.72 Å². The van der Waals surface area contributed by atoms with Gasteiger partial charge in [-0.25, -0.2) is 12.8 Å². The number of halogens is 1. The van der Waals surface area contributed by atoms with E-state index in [0.29, 0.717) is 5.75 Å². The number of benzene rings is 2. The topological polar surface area (TPSA) is 92.7 Å². The van der Waals surface area contributed by atoms with Gasteiger partial charge in [-0.1, -0.05) is 12.1 Å². The van der Waals surface area contributed by atoms with Crippen LogP contribution in [0.2, 0.25) is 0 Å². The van der Waals surface area contributed by atoms with Gasteiger partial charge in [0.15, 0.2) is 0 Å². The monoisotopic (exact) mass is 339 g/mol. The predicted octanol–water partition coefficient (Wildman–Crippen LogP) is 1.77. The van der Waals surface area contributed by atoms with Crippen LogP contribution < -0.4 is 9.46 Å². The van der Waals surface area contributed by atoms with E-state index >= 15 is 0 Å². The van der Waals surface area contributed by atoms with Crippen molar-refractivity contribution in [3.8, 4) is 5.75 Å². The normalized spacial score (nSPS) is 11.2. The first-order valence-electron chi connectivity index (χ1n) is 6.55. The molecule has 0 spiro atoms. The summed E-state index contributed by atoms with van der Waals surface area (Å²) in [5.74, 6) is -1.17. The van der Waals surface area contributed by atoms with Gasteiger partial charge in [0.25, 0.3) is 0 Å². The number of nitrogens with one attached hydrogen (secondary N) is 1. The molecule has 6 nitrogen and oxygen atoms in total. The average molecular weight is 339 g/mol. The molecular formula is C15H14FNO5S. The number of carbonyl (C=O) groups is 1. The molecule has 0 amide bonds. The fourth-order valence-electron chi connectivity index (χ4n) is 1.70. The molecule has 2 rings (SSSR count). The lowest BCUT2D eigenvalue weighted by Gasteiger charge is -2.08. The van der Waals surface area contributed by atoms with Gasteiger partial charge in [0.2, 0.25) is 10.0 Å². The van der Waals surface area contributed by atoms with Crippen LogP contribution in [0, 0.1) is 5.82 Å². The highest BCUT2D eigenvalue weighted by atomic mass is 32.2. The number of hydrogen-bond donors (Lipinski definition) is 2. The smallest absolute Gasteiger partial charge is 0.318 e. The first-order chi connectivity index (χ1) is 10.9. The highest BCUT2D eigenvalue weighted by Crippen LogP contribution is 2.17. The zero-order valence-electron chi connectivity index (χ0n) is 11.9. The van der Waals surface area contributed by atoms with Crippen molar-refractivity contribution in [2.24, 2.45) is 0 Å². The second-order valence-corrected chi connectivity index (χ2v) is 6.37. The van der Waals surface area contributed by atoms with Gasteiger partial charge in [-0.05, 0) is 42.0 Å². The number of carboxylic acid groups (broad SMARTS) is 1. The molecule has 0 radical (unpaired) electrons. The van der Waals surface area contributed by atoms with Crippen molar-refractivity contribution in [3.05, 3.63) is 59.9 Å². The lowest BCUT2D eigenvalue weighted by molar-refractivity contribution is -0.135. The predicted molar refractivity (Wildman–Crippen MR) is 80.0 cm³/mol. The molecule has 23 heavy (non-hydrogen) atoms. The summed E-state index contributed by atoms with van der Waals surface area (Å²) in [5.41, 5.74) is 0.770. The molecule has 0 aliphatic heterocycles. The Morgan fingerprint density at radius 3 is 2.26 bits per heavy atom. The van der Waals surface area contributed by atoms with Gasteiger partial charge in [-0.3, -0.25) is 4.79 Å². The van der Waals surface area contributed by atoms with Crippen LogP contribution in [-0.4, -0.2) is 26.0 Å². The van der Waals surface area contributed by atoms with Gasteiger partial charge >= 0.3 is 5.97 Å². The fourth-order valence-corrected chi connectivity index (χ4v) is 2.68. The molecular weight excluding hydrogens is 325 g/mol. The lowest BCUT2D eigenvalue weighted by Crippen LogP contribution is -2.29. The Bertz CT molecular complexity index is 773. The van der Waals surface area contributed by atoms with Gasteiger partial charge in [0, 0.05) is 0 Å². The maximum Gasteiger partial charge on any atom is 0.318 e. The molecule has 0 saturated carbocycles. The summed E-state index contributed by atoms with van der Waals surface area (Å²) in [6.07, 6.45) is 0. The first-order valence-corrected chi connectivity index (χ1v) is 8.04. The van der Waals surface area contributed by atoms with E-state index in [1.807, 2.05) is 4.72 Å². The van der Waals surface area contributed by atoms with Crippen LogP contribution in [0.3, 0.4) is 0 Å². The van der Waals surface area contributed by atoms with E-state index in [2.05, 4.69) is 0 Å². The molecule has 2 aromatic carbocycles. The van der Waals surface area contributed by atoms with Crippen LogP contribution in [0.5, 0.6) is 5.75 Å². The molecule has 0 unspecified atom stereocenters. The van der Waals surface area contributed by atoms with Crippen molar-refractivity contribution < 1.29 is 27.4 Å². The van der Waals surface area contributed by atoms with E-state index in [0.717, 1.165) is 5.56 Å². The van der Waals surface area contributed by atoms with Crippen molar-refractivity contribution in [1.29, 1.82) is 0 Å². The Hall–Kier alpha value is -2.45. The minimum absolute atomic E-state index is 0.0621. The zero-order valence-corrected chi connectivity index (χ0v) is 12.7. The molecule has 0 atom stereocenters. The molecule has 0 aliphatic rings. The van der Waals surface area contributed by atoms with Gasteiger partial charge in [0.05, 0.1) is 4.90 Å². The van der Waals surface area contributed by atoms with Crippen LogP contribution in [0.4, 0.5) is 4.39 Å². The number of sulfonamides is 1. The summed E-state index contributed by atoms with van der Waals surface area (Å²) in [5, 5.41) is 8.49. The molecule has 2 aromatic rings. The lowest BCUT2D eigenvalue weighted by atomic mass is 10.2. The summed E-state index contributed by atoms with van der Waals surface area (Å²) < 4.78 is 43.8. The minimum atomic E-state index is -3.87. The number of carboxylic acids is 1. The summed E-state index contributed by atoms with van der Waals surface area (Å²) in [7, 11) is -3.87. The molecule has 2 N–H and O–H groups in total. The van der Waals surface area contributed by atoms with E-state index in [-0.39, 0.29) is 17.3 Å². The van der Waals surface area contributed by atoms with Crippen LogP contribution in [0.15, 0.2) is 53.4 Å². The van der Waals surface area contributed by atoms with Crippen molar-refractivity contribution in [1.82, 2.24) is 4.72 Å². The maximum absolute atomic E-state index is 12.8. The third-order valence-corrected chi connectivity index (χ3v) is 4.28. The Kier molecular flexibility index (Phi) is 5.30. The van der Waals surface area contributed by atoms with Crippen LogP contribution in [0.25, 0.3) is 0 Å². The van der Waals surface area contributed by atoms with Gasteiger partial charge in [0.1, 0.15) is 24.7 Å². The highest BCUT2D eigenvalue weighted by molar-refractivity contribution is 7.89. The SMILES string of the molecule is O=C(O)CNS(=O)(=O)c1ccc(OCc2ccc(F)cc2)cc1. The van der Waals surface area contributed by atoms with E-state index in [1.165, 1.54) is 36.4 Å². The molecule has 0 saturated heterocycles. The first kappa shape index (κ1) is 16.9. The number of aliphatic carboxylic acids is 1. The third-order valence-electron chi connectivity index (χ3n) is 2.87. The summed E-state index contributed by atoms with van der Waals surface area (Å²) >= 11 is 0. The summed E-state index contributed by atoms with van der Waals surface area (Å²) in [6.45, 7) is -0.477. The average Bonchev–Trinajstić information content (AvgIpc) is 2.53. The number of rotatable bonds is 7. The maximum atomic E-state index is 12.8. The number of hydrogen-bond acceptors (Lipinski definition) is 4. The van der Waals surface area contributed by atoms with Crippen LogP contribution in [-0.2, 0) is 21.4 Å². The van der Waals surface area contributed by atoms with E-state index in [4.69, 9.17) is 9.84 Å². The second-order valence-electron chi connectivity index (χ2n) is 4.60. The van der Waals surface area contributed by atoms with E-state index in [1.54, 1.807) is 12.1 Å². The largest absolute Gasteiger partial charge is 0.489 e. The van der Waals surface area contributed by atoms with Crippen LogP contribution >= 0.6 is 0 Å². The quantitative estimate of drug-likeness (QED) is 0.802. The molecule has 122 valence electrons.